The Labute approximate surface area is 155 Å². The van der Waals surface area contributed by atoms with Crippen LogP contribution in [0.15, 0.2) is 71.6 Å². The minimum Gasteiger partial charge on any atom is -0.497 e. The van der Waals surface area contributed by atoms with Gasteiger partial charge < -0.3 is 14.2 Å². The number of nitrogens with zero attached hydrogens (tertiary/aromatic N) is 2. The first-order valence-corrected chi connectivity index (χ1v) is 8.25. The lowest BCUT2D eigenvalue weighted by atomic mass is 10.1. The molecule has 27 heavy (non-hydrogen) atoms. The Morgan fingerprint density at radius 2 is 1.93 bits per heavy atom. The maximum absolute atomic E-state index is 12.6. The van der Waals surface area contributed by atoms with E-state index < -0.39 is 0 Å². The molecule has 7 nitrogen and oxygen atoms in total. The number of carbonyl (C=O) groups is 1. The number of aromatic nitrogens is 3. The molecule has 0 radical (unpaired) electrons. The maximum atomic E-state index is 12.6. The summed E-state index contributed by atoms with van der Waals surface area (Å²) < 4.78 is 10.2. The van der Waals surface area contributed by atoms with Gasteiger partial charge in [0.1, 0.15) is 23.3 Å². The second kappa shape index (κ2) is 7.17. The molecule has 0 aliphatic heterocycles. The number of hydrogen-bond donors (Lipinski definition) is 2. The fourth-order valence-electron chi connectivity index (χ4n) is 2.70. The number of H-pyrrole nitrogens is 1. The summed E-state index contributed by atoms with van der Waals surface area (Å²) in [7, 11) is 1.61. The molecule has 0 spiro atoms. The van der Waals surface area contributed by atoms with Crippen LogP contribution < -0.4 is 10.1 Å². The van der Waals surface area contributed by atoms with E-state index in [0.717, 1.165) is 22.6 Å². The van der Waals surface area contributed by atoms with Crippen LogP contribution in [-0.4, -0.2) is 28.1 Å². The lowest BCUT2D eigenvalue weighted by molar-refractivity contribution is 0.102. The van der Waals surface area contributed by atoms with E-state index in [1.807, 2.05) is 54.6 Å². The van der Waals surface area contributed by atoms with E-state index in [0.29, 0.717) is 17.2 Å². The number of anilines is 1. The Hall–Kier alpha value is -3.87. The standard InChI is InChI=1S/C20H16N4O3/c1-26-15-9-5-8-14(10-15)17-11-21-20(22-17)23-19(25)16-12-27-24-18(16)13-6-3-2-4-7-13/h2-12H,1H3,(H2,21,22,23,25). The van der Waals surface area contributed by atoms with Gasteiger partial charge in [-0.3, -0.25) is 10.1 Å². The van der Waals surface area contributed by atoms with Gasteiger partial charge >= 0.3 is 0 Å². The van der Waals surface area contributed by atoms with Crippen molar-refractivity contribution in [1.82, 2.24) is 15.1 Å². The third kappa shape index (κ3) is 3.43. The lowest BCUT2D eigenvalue weighted by Crippen LogP contribution is -2.13. The summed E-state index contributed by atoms with van der Waals surface area (Å²) >= 11 is 0. The zero-order chi connectivity index (χ0) is 18.6. The van der Waals surface area contributed by atoms with E-state index in [-0.39, 0.29) is 5.91 Å². The summed E-state index contributed by atoms with van der Waals surface area (Å²) in [5.74, 6) is 0.712. The number of ether oxygens (including phenoxy) is 1. The molecule has 134 valence electrons. The van der Waals surface area contributed by atoms with Gasteiger partial charge in [0, 0.05) is 11.1 Å². The van der Waals surface area contributed by atoms with Crippen molar-refractivity contribution in [2.24, 2.45) is 0 Å². The number of amides is 1. The van der Waals surface area contributed by atoms with Gasteiger partial charge in [0.05, 0.1) is 19.0 Å². The summed E-state index contributed by atoms with van der Waals surface area (Å²) in [6.07, 6.45) is 2.97. The van der Waals surface area contributed by atoms with Crippen LogP contribution in [0.4, 0.5) is 5.95 Å². The van der Waals surface area contributed by atoms with Crippen molar-refractivity contribution in [2.75, 3.05) is 12.4 Å². The van der Waals surface area contributed by atoms with Crippen molar-refractivity contribution in [3.63, 3.8) is 0 Å². The molecular formula is C20H16N4O3. The number of aromatic amines is 1. The molecule has 0 aliphatic carbocycles. The van der Waals surface area contributed by atoms with E-state index in [9.17, 15) is 4.79 Å². The van der Waals surface area contributed by atoms with Crippen LogP contribution in [-0.2, 0) is 0 Å². The van der Waals surface area contributed by atoms with Crippen LogP contribution in [0.2, 0.25) is 0 Å². The molecule has 0 bridgehead atoms. The van der Waals surface area contributed by atoms with Crippen molar-refractivity contribution < 1.29 is 14.1 Å². The van der Waals surface area contributed by atoms with Crippen LogP contribution >= 0.6 is 0 Å². The first-order chi connectivity index (χ1) is 13.2. The van der Waals surface area contributed by atoms with E-state index in [1.54, 1.807) is 13.3 Å². The van der Waals surface area contributed by atoms with E-state index in [1.165, 1.54) is 6.26 Å². The molecule has 2 aromatic carbocycles. The van der Waals surface area contributed by atoms with Gasteiger partial charge in [-0.2, -0.15) is 0 Å². The third-order valence-electron chi connectivity index (χ3n) is 4.05. The zero-order valence-electron chi connectivity index (χ0n) is 14.5. The third-order valence-corrected chi connectivity index (χ3v) is 4.05. The van der Waals surface area contributed by atoms with Crippen molar-refractivity contribution in [1.29, 1.82) is 0 Å². The topological polar surface area (TPSA) is 93.0 Å². The highest BCUT2D eigenvalue weighted by molar-refractivity contribution is 6.07. The van der Waals surface area contributed by atoms with Crippen molar-refractivity contribution in [2.45, 2.75) is 0 Å². The minimum absolute atomic E-state index is 0.332. The van der Waals surface area contributed by atoms with Crippen LogP contribution in [0.5, 0.6) is 5.75 Å². The van der Waals surface area contributed by atoms with Gasteiger partial charge in [0.15, 0.2) is 0 Å². The molecule has 0 saturated carbocycles. The summed E-state index contributed by atoms with van der Waals surface area (Å²) in [5, 5.41) is 6.68. The van der Waals surface area contributed by atoms with Crippen LogP contribution in [0, 0.1) is 0 Å². The predicted octanol–water partition coefficient (Wildman–Crippen LogP) is 3.99. The predicted molar refractivity (Wildman–Crippen MR) is 100 cm³/mol. The SMILES string of the molecule is COc1cccc(-c2cnc(NC(=O)c3conc3-c3ccccc3)[nH]2)c1. The molecule has 2 aromatic heterocycles. The first-order valence-electron chi connectivity index (χ1n) is 8.25. The molecule has 1 amide bonds. The number of nitrogens with one attached hydrogen (secondary N) is 2. The van der Waals surface area contributed by atoms with Crippen molar-refractivity contribution in [3.05, 3.63) is 72.6 Å². The molecule has 0 aliphatic rings. The van der Waals surface area contributed by atoms with Gasteiger partial charge in [-0.15, -0.1) is 0 Å². The molecule has 7 heteroatoms. The van der Waals surface area contributed by atoms with Crippen molar-refractivity contribution in [3.8, 4) is 28.3 Å². The summed E-state index contributed by atoms with van der Waals surface area (Å²) in [4.78, 5) is 19.9. The fourth-order valence-corrected chi connectivity index (χ4v) is 2.70. The minimum atomic E-state index is -0.360. The molecule has 2 heterocycles. The Morgan fingerprint density at radius 3 is 2.74 bits per heavy atom. The van der Waals surface area contributed by atoms with Gasteiger partial charge in [0.2, 0.25) is 5.95 Å². The fraction of sp³-hybridized carbons (Fsp3) is 0.0500. The maximum Gasteiger partial charge on any atom is 0.263 e. The second-order valence-electron chi connectivity index (χ2n) is 5.77. The van der Waals surface area contributed by atoms with Crippen LogP contribution in [0.25, 0.3) is 22.5 Å². The number of rotatable bonds is 5. The van der Waals surface area contributed by atoms with E-state index in [2.05, 4.69) is 20.4 Å². The average Bonchev–Trinajstić information content (AvgIpc) is 3.38. The van der Waals surface area contributed by atoms with Gasteiger partial charge in [-0.1, -0.05) is 47.6 Å². The number of carbonyl (C=O) groups excluding carboxylic acids is 1. The van der Waals surface area contributed by atoms with E-state index >= 15 is 0 Å². The van der Waals surface area contributed by atoms with Crippen LogP contribution in [0.1, 0.15) is 10.4 Å². The molecular weight excluding hydrogens is 344 g/mol. The lowest BCUT2D eigenvalue weighted by Gasteiger charge is -2.03. The second-order valence-corrected chi connectivity index (χ2v) is 5.77. The monoisotopic (exact) mass is 360 g/mol. The van der Waals surface area contributed by atoms with Crippen molar-refractivity contribution >= 4 is 11.9 Å². The normalized spacial score (nSPS) is 10.6. The molecule has 4 rings (SSSR count). The number of methoxy groups -OCH3 is 1. The molecule has 0 fully saturated rings. The molecule has 0 atom stereocenters. The highest BCUT2D eigenvalue weighted by Crippen LogP contribution is 2.25. The Kier molecular flexibility index (Phi) is 4.40. The molecule has 0 unspecified atom stereocenters. The average molecular weight is 360 g/mol. The summed E-state index contributed by atoms with van der Waals surface area (Å²) in [6.45, 7) is 0. The molecule has 2 N–H and O–H groups in total. The molecule has 0 saturated heterocycles. The Balaban J connectivity index is 1.55. The highest BCUT2D eigenvalue weighted by atomic mass is 16.5. The van der Waals surface area contributed by atoms with Crippen LogP contribution in [0.3, 0.4) is 0 Å². The quantitative estimate of drug-likeness (QED) is 0.561. The largest absolute Gasteiger partial charge is 0.497 e. The van der Waals surface area contributed by atoms with Gasteiger partial charge in [0.25, 0.3) is 5.91 Å². The number of hydrogen-bond acceptors (Lipinski definition) is 5. The zero-order valence-corrected chi connectivity index (χ0v) is 14.5. The first kappa shape index (κ1) is 16.6. The van der Waals surface area contributed by atoms with E-state index in [4.69, 9.17) is 9.26 Å². The number of imidazole rings is 1. The summed E-state index contributed by atoms with van der Waals surface area (Å²) in [5.41, 5.74) is 3.27. The Morgan fingerprint density at radius 1 is 1.11 bits per heavy atom. The Bertz CT molecular complexity index is 1070. The highest BCUT2D eigenvalue weighted by Gasteiger charge is 2.18. The number of benzene rings is 2. The molecule has 4 aromatic rings. The summed E-state index contributed by atoms with van der Waals surface area (Å²) in [6, 6.07) is 16.9. The van der Waals surface area contributed by atoms with Gasteiger partial charge in [-0.25, -0.2) is 4.98 Å². The smallest absolute Gasteiger partial charge is 0.263 e. The van der Waals surface area contributed by atoms with Gasteiger partial charge in [-0.05, 0) is 12.1 Å².